The van der Waals surface area contributed by atoms with E-state index in [0.717, 1.165) is 66.4 Å². The lowest BCUT2D eigenvalue weighted by Crippen LogP contribution is -2.39. The summed E-state index contributed by atoms with van der Waals surface area (Å²) in [7, 11) is 0. The Bertz CT molecular complexity index is 1290. The molecule has 0 spiro atoms. The highest BCUT2D eigenvalue weighted by Gasteiger charge is 2.31. The van der Waals surface area contributed by atoms with Crippen LogP contribution in [0.3, 0.4) is 0 Å². The Balaban J connectivity index is 1.47. The molecule has 188 valence electrons. The van der Waals surface area contributed by atoms with Gasteiger partial charge in [0.15, 0.2) is 5.82 Å². The fourth-order valence-electron chi connectivity index (χ4n) is 4.46. The number of anilines is 2. The van der Waals surface area contributed by atoms with Crippen LogP contribution >= 0.6 is 0 Å². The van der Waals surface area contributed by atoms with Gasteiger partial charge in [0, 0.05) is 55.0 Å². The Labute approximate surface area is 206 Å². The first kappa shape index (κ1) is 24.2. The van der Waals surface area contributed by atoms with Crippen LogP contribution < -0.4 is 15.5 Å². The van der Waals surface area contributed by atoms with Crippen molar-refractivity contribution >= 4 is 17.4 Å². The molecule has 1 fully saturated rings. The molecule has 2 aromatic carbocycles. The van der Waals surface area contributed by atoms with Crippen LogP contribution in [0.1, 0.15) is 32.7 Å². The molecule has 3 aromatic rings. The molecule has 0 atom stereocenters. The number of alkyl halides is 3. The molecule has 1 amide bonds. The second-order valence-corrected chi connectivity index (χ2v) is 8.88. The number of aryl methyl sites for hydroxylation is 1. The number of fused-ring (bicyclic) bond motifs is 1. The van der Waals surface area contributed by atoms with E-state index < -0.39 is 17.6 Å². The molecule has 0 bridgehead atoms. The number of morpholine rings is 1. The van der Waals surface area contributed by atoms with Gasteiger partial charge in [0.05, 0.1) is 24.5 Å². The van der Waals surface area contributed by atoms with Crippen molar-refractivity contribution in [1.29, 1.82) is 0 Å². The summed E-state index contributed by atoms with van der Waals surface area (Å²) in [6.45, 7) is 6.23. The fraction of sp³-hybridized carbons (Fsp3) is 0.346. The normalized spacial score (nSPS) is 15.9. The summed E-state index contributed by atoms with van der Waals surface area (Å²) in [5.74, 6) is 0.829. The molecular formula is C26H26F3N5O2. The lowest BCUT2D eigenvalue weighted by molar-refractivity contribution is -0.137. The predicted molar refractivity (Wildman–Crippen MR) is 130 cm³/mol. The molecule has 10 heteroatoms. The minimum atomic E-state index is -4.52. The Morgan fingerprint density at radius 3 is 2.69 bits per heavy atom. The zero-order chi connectivity index (χ0) is 25.3. The number of aromatic nitrogens is 2. The lowest BCUT2D eigenvalue weighted by atomic mass is 10.0. The molecule has 0 radical (unpaired) electrons. The van der Waals surface area contributed by atoms with Crippen LogP contribution in [0.5, 0.6) is 0 Å². The molecule has 2 N–H and O–H groups in total. The number of carbonyl (C=O) groups excluding carboxylic acids is 1. The SMILES string of the molecule is Cc1ccc(NC(=O)c2cccc(C(F)(F)F)c2)cc1-c1nc2c(c(N3CCOCC3)n1)CNCC2. The van der Waals surface area contributed by atoms with Gasteiger partial charge in [-0.25, -0.2) is 9.97 Å². The molecule has 36 heavy (non-hydrogen) atoms. The van der Waals surface area contributed by atoms with Gasteiger partial charge in [0.25, 0.3) is 5.91 Å². The molecule has 0 unspecified atom stereocenters. The van der Waals surface area contributed by atoms with Crippen molar-refractivity contribution in [2.45, 2.75) is 26.1 Å². The third-order valence-corrected chi connectivity index (χ3v) is 6.41. The Morgan fingerprint density at radius 2 is 1.92 bits per heavy atom. The molecule has 5 rings (SSSR count). The number of halogens is 3. The van der Waals surface area contributed by atoms with E-state index >= 15 is 0 Å². The van der Waals surface area contributed by atoms with Crippen molar-refractivity contribution in [3.63, 3.8) is 0 Å². The largest absolute Gasteiger partial charge is 0.416 e. The molecule has 1 saturated heterocycles. The zero-order valence-corrected chi connectivity index (χ0v) is 19.8. The molecular weight excluding hydrogens is 471 g/mol. The summed E-state index contributed by atoms with van der Waals surface area (Å²) >= 11 is 0. The predicted octanol–water partition coefficient (Wildman–Crippen LogP) is 4.21. The standard InChI is InChI=1S/C26H26F3N5O2/c1-16-5-6-19(31-25(35)17-3-2-4-18(13-17)26(27,28)29)14-20(16)23-32-22-7-8-30-15-21(22)24(33-23)34-9-11-36-12-10-34/h2-6,13-14,30H,7-12,15H2,1H3,(H,31,35). The van der Waals surface area contributed by atoms with Crippen molar-refractivity contribution in [3.8, 4) is 11.4 Å². The summed E-state index contributed by atoms with van der Waals surface area (Å²) in [6, 6.07) is 9.70. The molecule has 0 aliphatic carbocycles. The van der Waals surface area contributed by atoms with E-state index in [-0.39, 0.29) is 5.56 Å². The third kappa shape index (κ3) is 5.05. The van der Waals surface area contributed by atoms with Crippen molar-refractivity contribution in [2.75, 3.05) is 43.1 Å². The van der Waals surface area contributed by atoms with Crippen LogP contribution in [0, 0.1) is 6.92 Å². The van der Waals surface area contributed by atoms with Gasteiger partial charge in [-0.2, -0.15) is 13.2 Å². The van der Waals surface area contributed by atoms with Gasteiger partial charge in [0.2, 0.25) is 0 Å². The maximum Gasteiger partial charge on any atom is 0.416 e. The van der Waals surface area contributed by atoms with Gasteiger partial charge in [-0.1, -0.05) is 12.1 Å². The van der Waals surface area contributed by atoms with Crippen LogP contribution in [0.2, 0.25) is 0 Å². The fourth-order valence-corrected chi connectivity index (χ4v) is 4.46. The van der Waals surface area contributed by atoms with Crippen LogP contribution in [-0.2, 0) is 23.9 Å². The minimum absolute atomic E-state index is 0.0703. The monoisotopic (exact) mass is 497 g/mol. The van der Waals surface area contributed by atoms with Crippen LogP contribution in [-0.4, -0.2) is 48.7 Å². The van der Waals surface area contributed by atoms with Gasteiger partial charge < -0.3 is 20.3 Å². The average molecular weight is 498 g/mol. The number of rotatable bonds is 4. The maximum absolute atomic E-state index is 13.1. The van der Waals surface area contributed by atoms with Gasteiger partial charge >= 0.3 is 6.18 Å². The number of nitrogens with zero attached hydrogens (tertiary/aromatic N) is 3. The third-order valence-electron chi connectivity index (χ3n) is 6.41. The molecule has 2 aliphatic rings. The molecule has 0 saturated carbocycles. The molecule has 2 aliphatic heterocycles. The smallest absolute Gasteiger partial charge is 0.378 e. The summed E-state index contributed by atoms with van der Waals surface area (Å²) in [5.41, 5.74) is 3.29. The quantitative estimate of drug-likeness (QED) is 0.563. The summed E-state index contributed by atoms with van der Waals surface area (Å²) in [6.07, 6.45) is -3.74. The number of benzene rings is 2. The van der Waals surface area contributed by atoms with E-state index in [1.807, 2.05) is 13.0 Å². The first-order valence-electron chi connectivity index (χ1n) is 11.8. The van der Waals surface area contributed by atoms with Gasteiger partial charge in [-0.05, 0) is 42.8 Å². The number of ether oxygens (including phenoxy) is 1. The van der Waals surface area contributed by atoms with Crippen molar-refractivity contribution < 1.29 is 22.7 Å². The second-order valence-electron chi connectivity index (χ2n) is 8.88. The number of hydrogen-bond donors (Lipinski definition) is 2. The number of hydrogen-bond acceptors (Lipinski definition) is 6. The number of amides is 1. The Morgan fingerprint density at radius 1 is 1.11 bits per heavy atom. The van der Waals surface area contributed by atoms with Crippen molar-refractivity contribution in [1.82, 2.24) is 15.3 Å². The van der Waals surface area contributed by atoms with Crippen LogP contribution in [0.25, 0.3) is 11.4 Å². The van der Waals surface area contributed by atoms with Crippen molar-refractivity contribution in [2.24, 2.45) is 0 Å². The summed E-state index contributed by atoms with van der Waals surface area (Å²) in [4.78, 5) is 24.8. The van der Waals surface area contributed by atoms with E-state index in [0.29, 0.717) is 31.3 Å². The zero-order valence-electron chi connectivity index (χ0n) is 19.8. The van der Waals surface area contributed by atoms with E-state index in [1.165, 1.54) is 12.1 Å². The van der Waals surface area contributed by atoms with Gasteiger partial charge in [0.1, 0.15) is 5.82 Å². The Hall–Kier alpha value is -3.50. The maximum atomic E-state index is 13.1. The average Bonchev–Trinajstić information content (AvgIpc) is 2.89. The van der Waals surface area contributed by atoms with Gasteiger partial charge in [-0.3, -0.25) is 4.79 Å². The van der Waals surface area contributed by atoms with E-state index in [9.17, 15) is 18.0 Å². The van der Waals surface area contributed by atoms with Crippen LogP contribution in [0.4, 0.5) is 24.7 Å². The van der Waals surface area contributed by atoms with Gasteiger partial charge in [-0.15, -0.1) is 0 Å². The van der Waals surface area contributed by atoms with Crippen LogP contribution in [0.15, 0.2) is 42.5 Å². The van der Waals surface area contributed by atoms with E-state index in [4.69, 9.17) is 14.7 Å². The minimum Gasteiger partial charge on any atom is -0.378 e. The summed E-state index contributed by atoms with van der Waals surface area (Å²) in [5, 5.41) is 6.11. The highest BCUT2D eigenvalue weighted by Crippen LogP contribution is 2.32. The summed E-state index contributed by atoms with van der Waals surface area (Å²) < 4.78 is 44.7. The second kappa shape index (κ2) is 9.87. The number of carbonyl (C=O) groups is 1. The first-order valence-corrected chi connectivity index (χ1v) is 11.8. The highest BCUT2D eigenvalue weighted by molar-refractivity contribution is 6.04. The lowest BCUT2D eigenvalue weighted by Gasteiger charge is -2.31. The molecule has 3 heterocycles. The number of nitrogens with one attached hydrogen (secondary N) is 2. The topological polar surface area (TPSA) is 79.4 Å². The highest BCUT2D eigenvalue weighted by atomic mass is 19.4. The first-order chi connectivity index (χ1) is 17.3. The van der Waals surface area contributed by atoms with Crippen molar-refractivity contribution in [3.05, 3.63) is 70.4 Å². The van der Waals surface area contributed by atoms with E-state index in [2.05, 4.69) is 15.5 Å². The molecule has 1 aromatic heterocycles. The van der Waals surface area contributed by atoms with E-state index in [1.54, 1.807) is 12.1 Å². The Kier molecular flexibility index (Phi) is 6.63. The molecule has 7 nitrogen and oxygen atoms in total.